The number of hydrogen-bond acceptors (Lipinski definition) is 6. The molecule has 41 heavy (non-hydrogen) atoms. The molecule has 0 unspecified atom stereocenters. The van der Waals surface area contributed by atoms with E-state index in [0.717, 1.165) is 29.1 Å². The predicted octanol–water partition coefficient (Wildman–Crippen LogP) is 6.07. The highest BCUT2D eigenvalue weighted by Crippen LogP contribution is 2.26. The standard InChI is InChI=1S/C21H23F3N4O4.C8H9Cl/c1-14(20(30)27(3)4)19(28(13-29)12-16-8-9-25-11-16)26-15(2)31-17-6-5-7-18(10-17)32-21(22,23)24;1-2-7-3-5-8(9)6-4-7/h5-10,13H,11-12H2,1-4H3;3-6H,2H2,1H3/b19-14-,26-15+;. The number of benzene rings is 2. The van der Waals surface area contributed by atoms with Crippen molar-refractivity contribution < 1.29 is 32.2 Å². The van der Waals surface area contributed by atoms with Crippen molar-refractivity contribution in [3.63, 3.8) is 0 Å². The topological polar surface area (TPSA) is 83.8 Å². The second-order valence-electron chi connectivity index (χ2n) is 8.93. The molecule has 0 atom stereocenters. The molecule has 0 fully saturated rings. The Balaban J connectivity index is 0.000000553. The third kappa shape index (κ3) is 11.5. The lowest BCUT2D eigenvalue weighted by Crippen LogP contribution is -2.30. The van der Waals surface area contributed by atoms with Crippen molar-refractivity contribution in [3.8, 4) is 11.5 Å². The first-order valence-electron chi connectivity index (χ1n) is 12.5. The van der Waals surface area contributed by atoms with Gasteiger partial charge in [-0.1, -0.05) is 36.7 Å². The molecular formula is C29H32ClF3N4O4. The fraction of sp³-hybridized carbons (Fsp3) is 0.310. The molecule has 1 aliphatic heterocycles. The van der Waals surface area contributed by atoms with E-state index in [1.807, 2.05) is 24.3 Å². The molecule has 8 nitrogen and oxygen atoms in total. The van der Waals surface area contributed by atoms with E-state index in [4.69, 9.17) is 16.3 Å². The number of carbonyl (C=O) groups is 2. The van der Waals surface area contributed by atoms with Crippen LogP contribution in [0.2, 0.25) is 5.02 Å². The van der Waals surface area contributed by atoms with E-state index in [1.54, 1.807) is 26.4 Å². The van der Waals surface area contributed by atoms with Crippen molar-refractivity contribution in [3.05, 3.63) is 82.2 Å². The molecule has 220 valence electrons. The molecule has 0 radical (unpaired) electrons. The van der Waals surface area contributed by atoms with Gasteiger partial charge in [-0.25, -0.2) is 0 Å². The van der Waals surface area contributed by atoms with Gasteiger partial charge in [-0.3, -0.25) is 19.5 Å². The second kappa shape index (κ2) is 15.6. The molecule has 0 spiro atoms. The van der Waals surface area contributed by atoms with Crippen molar-refractivity contribution in [2.45, 2.75) is 33.6 Å². The summed E-state index contributed by atoms with van der Waals surface area (Å²) in [7, 11) is 3.11. The molecule has 0 saturated carbocycles. The number of halogens is 4. The second-order valence-corrected chi connectivity index (χ2v) is 9.37. The molecule has 0 aromatic heterocycles. The van der Waals surface area contributed by atoms with Gasteiger partial charge in [0.2, 0.25) is 6.41 Å². The van der Waals surface area contributed by atoms with Crippen molar-refractivity contribution in [2.24, 2.45) is 9.98 Å². The normalized spacial score (nSPS) is 13.4. The van der Waals surface area contributed by atoms with Crippen molar-refractivity contribution >= 4 is 36.0 Å². The van der Waals surface area contributed by atoms with Gasteiger partial charge in [-0.15, -0.1) is 13.2 Å². The van der Waals surface area contributed by atoms with Crippen LogP contribution in [0.5, 0.6) is 11.5 Å². The summed E-state index contributed by atoms with van der Waals surface area (Å²) in [5.74, 6) is -0.750. The number of carbonyl (C=O) groups excluding carboxylic acids is 2. The summed E-state index contributed by atoms with van der Waals surface area (Å²) in [6.07, 6.45) is 0.153. The van der Waals surface area contributed by atoms with Crippen LogP contribution in [0.4, 0.5) is 13.2 Å². The zero-order valence-electron chi connectivity index (χ0n) is 23.4. The molecule has 2 aromatic carbocycles. The van der Waals surface area contributed by atoms with Crippen LogP contribution < -0.4 is 9.47 Å². The first-order chi connectivity index (χ1) is 19.3. The number of allylic oxidation sites excluding steroid dienone is 1. The third-order valence-corrected chi connectivity index (χ3v) is 5.69. The van der Waals surface area contributed by atoms with Gasteiger partial charge in [0, 0.05) is 38.3 Å². The van der Waals surface area contributed by atoms with Crippen LogP contribution in [-0.4, -0.2) is 67.8 Å². The number of hydrogen-bond donors (Lipinski definition) is 0. The van der Waals surface area contributed by atoms with Gasteiger partial charge >= 0.3 is 6.36 Å². The third-order valence-electron chi connectivity index (χ3n) is 5.43. The number of nitrogens with zero attached hydrogens (tertiary/aromatic N) is 4. The van der Waals surface area contributed by atoms with Gasteiger partial charge in [-0.2, -0.15) is 4.99 Å². The van der Waals surface area contributed by atoms with Crippen LogP contribution in [0, 0.1) is 0 Å². The average molecular weight is 593 g/mol. The Hall–Kier alpha value is -4.12. The summed E-state index contributed by atoms with van der Waals surface area (Å²) in [6, 6.07) is 12.8. The SMILES string of the molecule is C/C(C(=O)N(C)C)=C(\N=C(/C)Oc1cccc(OC(F)(F)F)c1)N(C=O)CC1=CC=NC1.CCc1ccc(Cl)cc1. The van der Waals surface area contributed by atoms with Crippen LogP contribution in [0.25, 0.3) is 0 Å². The lowest BCUT2D eigenvalue weighted by Gasteiger charge is -2.22. The average Bonchev–Trinajstić information content (AvgIpc) is 3.43. The maximum atomic E-state index is 12.5. The Kier molecular flexibility index (Phi) is 12.6. The van der Waals surface area contributed by atoms with Gasteiger partial charge in [0.25, 0.3) is 5.91 Å². The number of likely N-dealkylation sites (N-methyl/N-ethyl adjacent to an activating group) is 1. The summed E-state index contributed by atoms with van der Waals surface area (Å²) in [5, 5.41) is 0.812. The molecule has 0 bridgehead atoms. The Morgan fingerprint density at radius 2 is 1.78 bits per heavy atom. The predicted molar refractivity (Wildman–Crippen MR) is 153 cm³/mol. The first kappa shape index (κ1) is 33.1. The molecular weight excluding hydrogens is 561 g/mol. The zero-order valence-corrected chi connectivity index (χ0v) is 24.2. The van der Waals surface area contributed by atoms with Crippen molar-refractivity contribution in [2.75, 3.05) is 27.2 Å². The van der Waals surface area contributed by atoms with E-state index < -0.39 is 12.1 Å². The number of aryl methyl sites for hydroxylation is 1. The molecule has 2 aromatic rings. The number of ether oxygens (including phenoxy) is 2. The van der Waals surface area contributed by atoms with Crippen LogP contribution in [0.3, 0.4) is 0 Å². The van der Waals surface area contributed by atoms with Gasteiger partial charge in [0.1, 0.15) is 17.3 Å². The van der Waals surface area contributed by atoms with Crippen LogP contribution in [0.1, 0.15) is 26.3 Å². The zero-order chi connectivity index (χ0) is 30.6. The molecule has 0 N–H and O–H groups in total. The molecule has 1 heterocycles. The molecule has 12 heteroatoms. The summed E-state index contributed by atoms with van der Waals surface area (Å²) in [5.41, 5.74) is 2.35. The number of alkyl halides is 3. The highest BCUT2D eigenvalue weighted by molar-refractivity contribution is 6.30. The van der Waals surface area contributed by atoms with Gasteiger partial charge < -0.3 is 14.4 Å². The van der Waals surface area contributed by atoms with Gasteiger partial charge in [-0.05, 0) is 54.8 Å². The lowest BCUT2D eigenvalue weighted by molar-refractivity contribution is -0.274. The van der Waals surface area contributed by atoms with Crippen molar-refractivity contribution in [1.82, 2.24) is 9.80 Å². The lowest BCUT2D eigenvalue weighted by atomic mass is 10.2. The Morgan fingerprint density at radius 1 is 1.12 bits per heavy atom. The van der Waals surface area contributed by atoms with Gasteiger partial charge in [0.15, 0.2) is 5.90 Å². The highest BCUT2D eigenvalue weighted by atomic mass is 35.5. The quantitative estimate of drug-likeness (QED) is 0.153. The summed E-state index contributed by atoms with van der Waals surface area (Å²) in [6.45, 7) is 5.67. The van der Waals surface area contributed by atoms with Gasteiger partial charge in [0.05, 0.1) is 18.7 Å². The van der Waals surface area contributed by atoms with Crippen molar-refractivity contribution in [1.29, 1.82) is 0 Å². The van der Waals surface area contributed by atoms with E-state index in [-0.39, 0.29) is 35.5 Å². The van der Waals surface area contributed by atoms with E-state index in [1.165, 1.54) is 41.3 Å². The Bertz CT molecular complexity index is 1320. The summed E-state index contributed by atoms with van der Waals surface area (Å²) >= 11 is 5.67. The maximum absolute atomic E-state index is 12.5. The number of amides is 2. The first-order valence-corrected chi connectivity index (χ1v) is 12.9. The highest BCUT2D eigenvalue weighted by Gasteiger charge is 2.31. The molecule has 0 saturated heterocycles. The van der Waals surface area contributed by atoms with Crippen LogP contribution >= 0.6 is 11.6 Å². The smallest absolute Gasteiger partial charge is 0.443 e. The summed E-state index contributed by atoms with van der Waals surface area (Å²) in [4.78, 5) is 35.3. The number of rotatable bonds is 9. The van der Waals surface area contributed by atoms with Crippen LogP contribution in [0.15, 0.2) is 81.6 Å². The van der Waals surface area contributed by atoms with E-state index >= 15 is 0 Å². The summed E-state index contributed by atoms with van der Waals surface area (Å²) < 4.78 is 46.7. The molecule has 1 aliphatic rings. The number of aliphatic imine (C=N–C) groups is 2. The fourth-order valence-corrected chi connectivity index (χ4v) is 3.58. The Labute approximate surface area is 242 Å². The van der Waals surface area contributed by atoms with E-state index in [9.17, 15) is 22.8 Å². The minimum atomic E-state index is -4.84. The largest absolute Gasteiger partial charge is 0.573 e. The maximum Gasteiger partial charge on any atom is 0.573 e. The minimum Gasteiger partial charge on any atom is -0.443 e. The minimum absolute atomic E-state index is 0.00133. The van der Waals surface area contributed by atoms with E-state index in [2.05, 4.69) is 21.6 Å². The fourth-order valence-electron chi connectivity index (χ4n) is 3.46. The molecule has 3 rings (SSSR count). The Morgan fingerprint density at radius 3 is 2.32 bits per heavy atom. The monoisotopic (exact) mass is 592 g/mol. The van der Waals surface area contributed by atoms with Crippen LogP contribution in [-0.2, 0) is 16.0 Å². The molecule has 2 amide bonds. The van der Waals surface area contributed by atoms with E-state index in [0.29, 0.717) is 13.0 Å². The molecule has 0 aliphatic carbocycles.